The molecule has 2 aromatic rings. The molecular weight excluding hydrogens is 320 g/mol. The molecule has 0 fully saturated rings. The van der Waals surface area contributed by atoms with E-state index in [1.807, 2.05) is 38.1 Å². The zero-order chi connectivity index (χ0) is 16.1. The van der Waals surface area contributed by atoms with Gasteiger partial charge in [0.15, 0.2) is 5.11 Å². The van der Waals surface area contributed by atoms with E-state index >= 15 is 0 Å². The number of benzene rings is 1. The van der Waals surface area contributed by atoms with Crippen molar-refractivity contribution in [2.24, 2.45) is 5.10 Å². The first-order valence-electron chi connectivity index (χ1n) is 6.73. The van der Waals surface area contributed by atoms with Crippen molar-refractivity contribution in [1.29, 1.82) is 0 Å². The average Bonchev–Trinajstić information content (AvgIpc) is 2.46. The van der Waals surface area contributed by atoms with E-state index in [0.29, 0.717) is 15.8 Å². The number of pyridine rings is 1. The van der Waals surface area contributed by atoms with E-state index in [9.17, 15) is 0 Å². The van der Waals surface area contributed by atoms with Crippen molar-refractivity contribution in [3.8, 4) is 5.75 Å². The number of ether oxygens (including phenoxy) is 1. The van der Waals surface area contributed by atoms with Crippen LogP contribution in [0, 0.1) is 0 Å². The third-order valence-electron chi connectivity index (χ3n) is 2.79. The van der Waals surface area contributed by atoms with Gasteiger partial charge in [-0.25, -0.2) is 4.98 Å². The van der Waals surface area contributed by atoms with Crippen molar-refractivity contribution < 1.29 is 4.74 Å². The van der Waals surface area contributed by atoms with Crippen LogP contribution in [0.1, 0.15) is 19.4 Å². The van der Waals surface area contributed by atoms with Gasteiger partial charge in [0.1, 0.15) is 10.9 Å². The Bertz CT molecular complexity index is 718. The largest absolute Gasteiger partial charge is 0.497 e. The molecule has 116 valence electrons. The van der Waals surface area contributed by atoms with Gasteiger partial charge in [-0.1, -0.05) is 11.6 Å². The second kappa shape index (κ2) is 7.38. The zero-order valence-electron chi connectivity index (χ0n) is 12.6. The monoisotopic (exact) mass is 336 g/mol. The summed E-state index contributed by atoms with van der Waals surface area (Å²) in [7, 11) is 1.62. The molecule has 2 rings (SSSR count). The van der Waals surface area contributed by atoms with Crippen LogP contribution in [-0.2, 0) is 0 Å². The van der Waals surface area contributed by atoms with Crippen LogP contribution >= 0.6 is 23.8 Å². The highest BCUT2D eigenvalue weighted by Gasteiger charge is 2.04. The topological polar surface area (TPSA) is 58.5 Å². The number of hydrogen-bond acceptors (Lipinski definition) is 4. The van der Waals surface area contributed by atoms with Crippen molar-refractivity contribution >= 4 is 46.0 Å². The SMILES string of the molecule is COc1ccc2nc(Cl)c(/C=N\NC(=S)NC(C)C)cc2c1. The molecule has 0 spiro atoms. The molecule has 0 saturated carbocycles. The van der Waals surface area contributed by atoms with Crippen LogP contribution in [-0.4, -0.2) is 29.5 Å². The molecule has 5 nitrogen and oxygen atoms in total. The van der Waals surface area contributed by atoms with Crippen LogP contribution in [0.4, 0.5) is 0 Å². The summed E-state index contributed by atoms with van der Waals surface area (Å²) in [5.74, 6) is 0.764. The van der Waals surface area contributed by atoms with E-state index in [2.05, 4.69) is 20.8 Å². The van der Waals surface area contributed by atoms with E-state index in [1.54, 1.807) is 13.3 Å². The lowest BCUT2D eigenvalue weighted by Crippen LogP contribution is -2.36. The van der Waals surface area contributed by atoms with Crippen LogP contribution in [0.3, 0.4) is 0 Å². The van der Waals surface area contributed by atoms with Gasteiger partial charge >= 0.3 is 0 Å². The highest BCUT2D eigenvalue weighted by atomic mass is 35.5. The zero-order valence-corrected chi connectivity index (χ0v) is 14.1. The number of thiocarbonyl (C=S) groups is 1. The first-order valence-corrected chi connectivity index (χ1v) is 7.52. The third kappa shape index (κ3) is 4.29. The number of halogens is 1. The van der Waals surface area contributed by atoms with Crippen molar-refractivity contribution in [2.75, 3.05) is 7.11 Å². The van der Waals surface area contributed by atoms with Gasteiger partial charge in [-0.05, 0) is 50.3 Å². The Hall–Kier alpha value is -1.92. The maximum Gasteiger partial charge on any atom is 0.187 e. The summed E-state index contributed by atoms with van der Waals surface area (Å²) in [6.45, 7) is 3.99. The lowest BCUT2D eigenvalue weighted by molar-refractivity contribution is 0.415. The molecule has 0 atom stereocenters. The molecule has 7 heteroatoms. The molecule has 0 aliphatic heterocycles. The number of aromatic nitrogens is 1. The fraction of sp³-hybridized carbons (Fsp3) is 0.267. The third-order valence-corrected chi connectivity index (χ3v) is 3.30. The van der Waals surface area contributed by atoms with Gasteiger partial charge in [-0.2, -0.15) is 5.10 Å². The molecular formula is C15H17ClN4OS. The summed E-state index contributed by atoms with van der Waals surface area (Å²) in [5, 5.41) is 8.86. The minimum Gasteiger partial charge on any atom is -0.497 e. The van der Waals surface area contributed by atoms with Gasteiger partial charge in [0.25, 0.3) is 0 Å². The molecule has 1 aromatic carbocycles. The first kappa shape index (κ1) is 16.5. The number of nitrogens with one attached hydrogen (secondary N) is 2. The van der Waals surface area contributed by atoms with Gasteiger partial charge in [0, 0.05) is 17.0 Å². The molecule has 0 radical (unpaired) electrons. The Kier molecular flexibility index (Phi) is 5.51. The standard InChI is InChI=1S/C15H17ClN4OS/c1-9(2)18-15(22)20-17-8-11-6-10-7-12(21-3)4-5-13(10)19-14(11)16/h4-9H,1-3H3,(H2,18,20,22)/b17-8-. The summed E-state index contributed by atoms with van der Waals surface area (Å²) in [4.78, 5) is 4.34. The second-order valence-electron chi connectivity index (χ2n) is 4.93. The lowest BCUT2D eigenvalue weighted by atomic mass is 10.1. The summed E-state index contributed by atoms with van der Waals surface area (Å²) in [5.41, 5.74) is 4.23. The summed E-state index contributed by atoms with van der Waals surface area (Å²) < 4.78 is 5.21. The Morgan fingerprint density at radius 2 is 2.18 bits per heavy atom. The number of nitrogens with zero attached hydrogens (tertiary/aromatic N) is 2. The number of fused-ring (bicyclic) bond motifs is 1. The van der Waals surface area contributed by atoms with Crippen molar-refractivity contribution in [3.63, 3.8) is 0 Å². The Morgan fingerprint density at radius 3 is 2.86 bits per heavy atom. The van der Waals surface area contributed by atoms with Gasteiger partial charge in [-0.15, -0.1) is 0 Å². The quantitative estimate of drug-likeness (QED) is 0.389. The first-order chi connectivity index (χ1) is 10.5. The molecule has 0 aliphatic rings. The number of hydrogen-bond donors (Lipinski definition) is 2. The summed E-state index contributed by atoms with van der Waals surface area (Å²) in [6.07, 6.45) is 1.59. The molecule has 0 aliphatic carbocycles. The van der Waals surface area contributed by atoms with Gasteiger partial charge in [0.2, 0.25) is 0 Å². The number of methoxy groups -OCH3 is 1. The average molecular weight is 337 g/mol. The van der Waals surface area contributed by atoms with Gasteiger partial charge in [0.05, 0.1) is 18.8 Å². The van der Waals surface area contributed by atoms with E-state index in [-0.39, 0.29) is 6.04 Å². The van der Waals surface area contributed by atoms with Crippen molar-refractivity contribution in [1.82, 2.24) is 15.7 Å². The molecule has 2 N–H and O–H groups in total. The highest BCUT2D eigenvalue weighted by molar-refractivity contribution is 7.80. The van der Waals surface area contributed by atoms with Crippen molar-refractivity contribution in [2.45, 2.75) is 19.9 Å². The molecule has 0 bridgehead atoms. The maximum absolute atomic E-state index is 6.17. The van der Waals surface area contributed by atoms with E-state index in [4.69, 9.17) is 28.6 Å². The number of hydrazone groups is 1. The molecule has 0 saturated heterocycles. The Balaban J connectivity index is 2.19. The van der Waals surface area contributed by atoms with E-state index < -0.39 is 0 Å². The fourth-order valence-electron chi connectivity index (χ4n) is 1.82. The van der Waals surface area contributed by atoms with Crippen LogP contribution in [0.25, 0.3) is 10.9 Å². The van der Waals surface area contributed by atoms with Crippen LogP contribution in [0.5, 0.6) is 5.75 Å². The normalized spacial score (nSPS) is 11.1. The van der Waals surface area contributed by atoms with E-state index in [1.165, 1.54) is 0 Å². The molecule has 1 aromatic heterocycles. The van der Waals surface area contributed by atoms with Gasteiger partial charge < -0.3 is 10.1 Å². The van der Waals surface area contributed by atoms with Crippen LogP contribution in [0.15, 0.2) is 29.4 Å². The predicted molar refractivity (Wildman–Crippen MR) is 94.9 cm³/mol. The van der Waals surface area contributed by atoms with Crippen molar-refractivity contribution in [3.05, 3.63) is 35.0 Å². The molecule has 0 unspecified atom stereocenters. The Morgan fingerprint density at radius 1 is 1.41 bits per heavy atom. The minimum atomic E-state index is 0.244. The lowest BCUT2D eigenvalue weighted by Gasteiger charge is -2.09. The smallest absolute Gasteiger partial charge is 0.187 e. The molecule has 22 heavy (non-hydrogen) atoms. The predicted octanol–water partition coefficient (Wildman–Crippen LogP) is 3.10. The number of rotatable bonds is 4. The Labute approximate surface area is 139 Å². The fourth-order valence-corrected chi connectivity index (χ4v) is 2.30. The highest BCUT2D eigenvalue weighted by Crippen LogP contribution is 2.23. The minimum absolute atomic E-state index is 0.244. The summed E-state index contributed by atoms with van der Waals surface area (Å²) >= 11 is 11.3. The van der Waals surface area contributed by atoms with Crippen LogP contribution < -0.4 is 15.5 Å². The molecule has 1 heterocycles. The van der Waals surface area contributed by atoms with E-state index in [0.717, 1.165) is 16.7 Å². The van der Waals surface area contributed by atoms with Gasteiger partial charge in [-0.3, -0.25) is 5.43 Å². The molecule has 0 amide bonds. The second-order valence-corrected chi connectivity index (χ2v) is 5.69. The summed E-state index contributed by atoms with van der Waals surface area (Å²) in [6, 6.07) is 7.75. The van der Waals surface area contributed by atoms with Crippen LogP contribution in [0.2, 0.25) is 5.15 Å². The maximum atomic E-state index is 6.17.